The van der Waals surface area contributed by atoms with E-state index in [0.29, 0.717) is 16.3 Å². The predicted molar refractivity (Wildman–Crippen MR) is 98.3 cm³/mol. The van der Waals surface area contributed by atoms with Crippen LogP contribution in [0.1, 0.15) is 25.0 Å². The molecule has 0 heterocycles. The van der Waals surface area contributed by atoms with E-state index in [1.54, 1.807) is 0 Å². The number of halogens is 1. The van der Waals surface area contributed by atoms with Crippen molar-refractivity contribution < 1.29 is 0 Å². The molecule has 0 saturated heterocycles. The van der Waals surface area contributed by atoms with Gasteiger partial charge in [0.25, 0.3) is 0 Å². The molecule has 0 saturated carbocycles. The summed E-state index contributed by atoms with van der Waals surface area (Å²) in [6, 6.07) is 17.5. The van der Waals surface area contributed by atoms with Crippen LogP contribution in [-0.4, -0.2) is 6.72 Å². The van der Waals surface area contributed by atoms with Gasteiger partial charge in [0.2, 0.25) is 0 Å². The van der Waals surface area contributed by atoms with E-state index in [1.807, 2.05) is 68.5 Å². The first kappa shape index (κ1) is 16.7. The Morgan fingerprint density at radius 1 is 1.13 bits per heavy atom. The van der Waals surface area contributed by atoms with Crippen LogP contribution in [0.4, 0.5) is 0 Å². The van der Waals surface area contributed by atoms with Crippen LogP contribution < -0.4 is 0 Å². The van der Waals surface area contributed by atoms with Gasteiger partial charge in [-0.05, 0) is 43.8 Å². The van der Waals surface area contributed by atoms with Gasteiger partial charge in [-0.3, -0.25) is 4.99 Å². The molecule has 0 aliphatic carbocycles. The van der Waals surface area contributed by atoms with E-state index in [4.69, 9.17) is 11.6 Å². The van der Waals surface area contributed by atoms with Gasteiger partial charge >= 0.3 is 0 Å². The Kier molecular flexibility index (Phi) is 5.51. The SMILES string of the molecule is C=N/C(=C(/Cl)C=C(C)C)c1ccc(-c2ccccc2C#N)cc1. The topological polar surface area (TPSA) is 36.1 Å². The number of rotatable bonds is 4. The smallest absolute Gasteiger partial charge is 0.0998 e. The highest BCUT2D eigenvalue weighted by atomic mass is 35.5. The zero-order valence-corrected chi connectivity index (χ0v) is 13.9. The Morgan fingerprint density at radius 2 is 1.78 bits per heavy atom. The summed E-state index contributed by atoms with van der Waals surface area (Å²) in [5.41, 5.74) is 5.17. The van der Waals surface area contributed by atoms with Gasteiger partial charge in [-0.25, -0.2) is 0 Å². The van der Waals surface area contributed by atoms with Crippen molar-refractivity contribution in [1.82, 2.24) is 0 Å². The van der Waals surface area contributed by atoms with Crippen molar-refractivity contribution >= 4 is 24.0 Å². The van der Waals surface area contributed by atoms with Gasteiger partial charge in [-0.1, -0.05) is 59.6 Å². The molecule has 0 amide bonds. The summed E-state index contributed by atoms with van der Waals surface area (Å²) in [7, 11) is 0. The van der Waals surface area contributed by atoms with Crippen molar-refractivity contribution in [2.24, 2.45) is 4.99 Å². The molecule has 2 nitrogen and oxygen atoms in total. The lowest BCUT2D eigenvalue weighted by Crippen LogP contribution is -1.87. The summed E-state index contributed by atoms with van der Waals surface area (Å²) in [5.74, 6) is 0. The van der Waals surface area contributed by atoms with Crippen molar-refractivity contribution in [3.05, 3.63) is 76.3 Å². The largest absolute Gasteiger partial charge is 0.262 e. The van der Waals surface area contributed by atoms with Gasteiger partial charge in [-0.2, -0.15) is 5.26 Å². The summed E-state index contributed by atoms with van der Waals surface area (Å²) in [5, 5.41) is 9.77. The van der Waals surface area contributed by atoms with Crippen LogP contribution in [0.5, 0.6) is 0 Å². The summed E-state index contributed by atoms with van der Waals surface area (Å²) < 4.78 is 0. The molecule has 0 aromatic heterocycles. The quantitative estimate of drug-likeness (QED) is 0.518. The van der Waals surface area contributed by atoms with Gasteiger partial charge in [0.05, 0.1) is 22.4 Å². The zero-order valence-electron chi connectivity index (χ0n) is 13.2. The lowest BCUT2D eigenvalue weighted by molar-refractivity contribution is 1.38. The molecule has 0 radical (unpaired) electrons. The first-order valence-corrected chi connectivity index (χ1v) is 7.56. The van der Waals surface area contributed by atoms with Gasteiger partial charge < -0.3 is 0 Å². The molecule has 2 aromatic carbocycles. The molecular formula is C20H17ClN2. The number of benzene rings is 2. The summed E-state index contributed by atoms with van der Waals surface area (Å²) in [4.78, 5) is 4.05. The van der Waals surface area contributed by atoms with Crippen LogP contribution in [0.3, 0.4) is 0 Å². The minimum absolute atomic E-state index is 0.560. The molecular weight excluding hydrogens is 304 g/mol. The van der Waals surface area contributed by atoms with Crippen molar-refractivity contribution in [1.29, 1.82) is 5.26 Å². The lowest BCUT2D eigenvalue weighted by atomic mass is 9.98. The number of allylic oxidation sites excluding steroid dienone is 3. The average molecular weight is 321 g/mol. The molecule has 0 aliphatic heterocycles. The molecule has 3 heteroatoms. The molecule has 0 aliphatic rings. The zero-order chi connectivity index (χ0) is 16.8. The molecule has 0 bridgehead atoms. The van der Waals surface area contributed by atoms with E-state index in [1.165, 1.54) is 0 Å². The Bertz CT molecular complexity index is 817. The monoisotopic (exact) mass is 320 g/mol. The van der Waals surface area contributed by atoms with E-state index in [-0.39, 0.29) is 0 Å². The van der Waals surface area contributed by atoms with Crippen molar-refractivity contribution in [2.75, 3.05) is 0 Å². The summed E-state index contributed by atoms with van der Waals surface area (Å²) in [6.07, 6.45) is 1.87. The number of nitrogens with zero attached hydrogens (tertiary/aromatic N) is 2. The fraction of sp³-hybridized carbons (Fsp3) is 0.100. The van der Waals surface area contributed by atoms with Gasteiger partial charge in [0.1, 0.15) is 0 Å². The van der Waals surface area contributed by atoms with Crippen LogP contribution in [0.25, 0.3) is 16.8 Å². The molecule has 0 unspecified atom stereocenters. The molecule has 114 valence electrons. The normalized spacial score (nSPS) is 11.2. The number of hydrogen-bond donors (Lipinski definition) is 0. The number of hydrogen-bond acceptors (Lipinski definition) is 2. The highest BCUT2D eigenvalue weighted by Gasteiger charge is 2.07. The molecule has 0 atom stereocenters. The molecule has 0 spiro atoms. The van der Waals surface area contributed by atoms with E-state index >= 15 is 0 Å². The average Bonchev–Trinajstić information content (AvgIpc) is 2.55. The summed E-state index contributed by atoms with van der Waals surface area (Å²) in [6.45, 7) is 7.56. The van der Waals surface area contributed by atoms with Gasteiger partial charge in [-0.15, -0.1) is 0 Å². The Labute approximate surface area is 142 Å². The van der Waals surface area contributed by atoms with E-state index < -0.39 is 0 Å². The third kappa shape index (κ3) is 3.97. The Morgan fingerprint density at radius 3 is 2.35 bits per heavy atom. The maximum atomic E-state index is 9.21. The minimum Gasteiger partial charge on any atom is -0.262 e. The standard InChI is InChI=1S/C20H17ClN2/c1-14(2)12-19(21)20(23-3)16-10-8-15(9-11-16)18-7-5-4-6-17(18)13-22/h4-12H,3H2,1-2H3/b20-19+. The Balaban J connectivity index is 2.46. The predicted octanol–water partition coefficient (Wildman–Crippen LogP) is 5.80. The van der Waals surface area contributed by atoms with Crippen molar-refractivity contribution in [3.63, 3.8) is 0 Å². The van der Waals surface area contributed by atoms with Crippen LogP contribution in [-0.2, 0) is 0 Å². The van der Waals surface area contributed by atoms with Crippen LogP contribution in [0.15, 0.2) is 70.2 Å². The van der Waals surface area contributed by atoms with E-state index in [2.05, 4.69) is 17.8 Å². The van der Waals surface area contributed by atoms with Crippen molar-refractivity contribution in [3.8, 4) is 17.2 Å². The van der Waals surface area contributed by atoms with Gasteiger partial charge in [0, 0.05) is 5.56 Å². The number of nitriles is 1. The second-order valence-corrected chi connectivity index (χ2v) is 5.72. The van der Waals surface area contributed by atoms with Crippen LogP contribution in [0, 0.1) is 11.3 Å². The second-order valence-electron chi connectivity index (χ2n) is 5.31. The third-order valence-corrected chi connectivity index (χ3v) is 3.60. The minimum atomic E-state index is 0.560. The highest BCUT2D eigenvalue weighted by molar-refractivity contribution is 6.34. The highest BCUT2D eigenvalue weighted by Crippen LogP contribution is 2.28. The Hall–Kier alpha value is -2.63. The first-order chi connectivity index (χ1) is 11.1. The van der Waals surface area contributed by atoms with E-state index in [0.717, 1.165) is 22.3 Å². The van der Waals surface area contributed by atoms with Crippen LogP contribution in [0.2, 0.25) is 0 Å². The molecule has 2 aromatic rings. The first-order valence-electron chi connectivity index (χ1n) is 7.18. The fourth-order valence-corrected chi connectivity index (χ4v) is 2.65. The van der Waals surface area contributed by atoms with Gasteiger partial charge in [0.15, 0.2) is 0 Å². The van der Waals surface area contributed by atoms with Crippen molar-refractivity contribution in [2.45, 2.75) is 13.8 Å². The number of aliphatic imine (C=N–C) groups is 1. The molecule has 2 rings (SSSR count). The van der Waals surface area contributed by atoms with E-state index in [9.17, 15) is 5.26 Å². The molecule has 23 heavy (non-hydrogen) atoms. The fourth-order valence-electron chi connectivity index (χ4n) is 2.27. The third-order valence-electron chi connectivity index (χ3n) is 3.32. The summed E-state index contributed by atoms with van der Waals surface area (Å²) >= 11 is 6.31. The maximum Gasteiger partial charge on any atom is 0.0998 e. The molecule has 0 N–H and O–H groups in total. The maximum absolute atomic E-state index is 9.21. The van der Waals surface area contributed by atoms with Crippen LogP contribution >= 0.6 is 11.6 Å². The lowest BCUT2D eigenvalue weighted by Gasteiger charge is -2.07. The molecule has 0 fully saturated rings. The second kappa shape index (κ2) is 7.58.